The van der Waals surface area contributed by atoms with E-state index < -0.39 is 0 Å². The van der Waals surface area contributed by atoms with E-state index in [0.717, 1.165) is 41.3 Å². The molecule has 0 saturated carbocycles. The topological polar surface area (TPSA) is 51.2 Å². The van der Waals surface area contributed by atoms with Crippen molar-refractivity contribution in [1.82, 2.24) is 10.3 Å². The maximum atomic E-state index is 12.0. The van der Waals surface area contributed by atoms with Crippen molar-refractivity contribution in [3.8, 4) is 17.0 Å². The molecule has 1 amide bonds. The first-order valence-electron chi connectivity index (χ1n) is 9.64. The van der Waals surface area contributed by atoms with Gasteiger partial charge in [0.1, 0.15) is 5.75 Å². The molecule has 3 aromatic rings. The van der Waals surface area contributed by atoms with Crippen LogP contribution in [0, 0.1) is 6.92 Å². The fraction of sp³-hybridized carbons (Fsp3) is 0.304. The summed E-state index contributed by atoms with van der Waals surface area (Å²) >= 11 is 1.66. The molecule has 0 radical (unpaired) electrons. The number of benzene rings is 2. The molecule has 0 bridgehead atoms. The molecule has 0 saturated heterocycles. The highest BCUT2D eigenvalue weighted by molar-refractivity contribution is 7.09. The Hall–Kier alpha value is -2.66. The van der Waals surface area contributed by atoms with Crippen molar-refractivity contribution >= 4 is 17.2 Å². The van der Waals surface area contributed by atoms with Gasteiger partial charge in [-0.1, -0.05) is 49.7 Å². The van der Waals surface area contributed by atoms with Crippen molar-refractivity contribution in [1.29, 1.82) is 0 Å². The molecular formula is C23H26N2O2S. The Labute approximate surface area is 170 Å². The maximum Gasteiger partial charge on any atom is 0.257 e. The molecule has 0 spiro atoms. The van der Waals surface area contributed by atoms with Gasteiger partial charge in [0.05, 0.1) is 10.7 Å². The van der Waals surface area contributed by atoms with E-state index in [4.69, 9.17) is 4.74 Å². The van der Waals surface area contributed by atoms with E-state index in [1.165, 1.54) is 11.1 Å². The van der Waals surface area contributed by atoms with Gasteiger partial charge in [0.15, 0.2) is 6.61 Å². The van der Waals surface area contributed by atoms with Crippen molar-refractivity contribution in [2.45, 2.75) is 33.1 Å². The van der Waals surface area contributed by atoms with E-state index >= 15 is 0 Å². The molecule has 0 unspecified atom stereocenters. The molecule has 1 aromatic heterocycles. The largest absolute Gasteiger partial charge is 0.484 e. The van der Waals surface area contributed by atoms with E-state index in [-0.39, 0.29) is 12.5 Å². The molecule has 146 valence electrons. The molecular weight excluding hydrogens is 368 g/mol. The van der Waals surface area contributed by atoms with Gasteiger partial charge in [0, 0.05) is 17.5 Å². The Morgan fingerprint density at radius 2 is 1.71 bits per heavy atom. The van der Waals surface area contributed by atoms with Crippen molar-refractivity contribution in [2.75, 3.05) is 13.2 Å². The number of hydrogen-bond acceptors (Lipinski definition) is 4. The number of ether oxygens (including phenoxy) is 1. The lowest BCUT2D eigenvalue weighted by atomic mass is 10.1. The molecule has 0 atom stereocenters. The first-order chi connectivity index (χ1) is 13.6. The number of amides is 1. The van der Waals surface area contributed by atoms with Crippen molar-refractivity contribution in [3.63, 3.8) is 0 Å². The summed E-state index contributed by atoms with van der Waals surface area (Å²) in [5.41, 5.74) is 4.61. The van der Waals surface area contributed by atoms with Gasteiger partial charge in [-0.05, 0) is 43.0 Å². The molecule has 0 fully saturated rings. The van der Waals surface area contributed by atoms with Gasteiger partial charge in [-0.15, -0.1) is 11.3 Å². The number of carbonyl (C=O) groups excluding carboxylic acids is 1. The van der Waals surface area contributed by atoms with Crippen LogP contribution in [0.15, 0.2) is 53.9 Å². The first-order valence-corrected chi connectivity index (χ1v) is 10.5. The fourth-order valence-electron chi connectivity index (χ4n) is 2.93. The van der Waals surface area contributed by atoms with Crippen LogP contribution >= 0.6 is 11.3 Å². The van der Waals surface area contributed by atoms with Gasteiger partial charge in [-0.3, -0.25) is 4.79 Å². The van der Waals surface area contributed by atoms with E-state index in [2.05, 4.69) is 46.9 Å². The number of aromatic nitrogens is 1. The summed E-state index contributed by atoms with van der Waals surface area (Å²) in [6.45, 7) is 4.79. The average molecular weight is 395 g/mol. The number of nitrogens with one attached hydrogen (secondary N) is 1. The fourth-order valence-corrected chi connectivity index (χ4v) is 3.55. The predicted molar refractivity (Wildman–Crippen MR) is 115 cm³/mol. The Bertz CT molecular complexity index is 886. The van der Waals surface area contributed by atoms with Gasteiger partial charge in [-0.25, -0.2) is 4.98 Å². The molecule has 3 rings (SSSR count). The molecule has 1 heterocycles. The molecule has 0 aliphatic heterocycles. The number of rotatable bonds is 9. The van der Waals surface area contributed by atoms with Crippen LogP contribution in [-0.4, -0.2) is 24.0 Å². The number of nitrogens with zero attached hydrogens (tertiary/aromatic N) is 1. The number of carbonyl (C=O) groups is 1. The van der Waals surface area contributed by atoms with Gasteiger partial charge in [0.25, 0.3) is 5.91 Å². The van der Waals surface area contributed by atoms with Gasteiger partial charge in [0.2, 0.25) is 0 Å². The summed E-state index contributed by atoms with van der Waals surface area (Å²) in [5.74, 6) is 0.620. The van der Waals surface area contributed by atoms with Crippen LogP contribution in [0.2, 0.25) is 0 Å². The van der Waals surface area contributed by atoms with Crippen LogP contribution in [0.1, 0.15) is 29.5 Å². The first kappa shape index (κ1) is 20.1. The summed E-state index contributed by atoms with van der Waals surface area (Å²) in [6, 6.07) is 16.3. The monoisotopic (exact) mass is 394 g/mol. The van der Waals surface area contributed by atoms with E-state index in [9.17, 15) is 4.79 Å². The van der Waals surface area contributed by atoms with Crippen LogP contribution in [-0.2, 0) is 17.6 Å². The second-order valence-electron chi connectivity index (χ2n) is 6.73. The summed E-state index contributed by atoms with van der Waals surface area (Å²) in [5, 5.41) is 6.05. The van der Waals surface area contributed by atoms with Crippen LogP contribution in [0.5, 0.6) is 5.75 Å². The second-order valence-corrected chi connectivity index (χ2v) is 7.79. The third kappa shape index (κ3) is 5.92. The Kier molecular flexibility index (Phi) is 7.20. The van der Waals surface area contributed by atoms with Gasteiger partial charge >= 0.3 is 0 Å². The summed E-state index contributed by atoms with van der Waals surface area (Å²) in [4.78, 5) is 16.5. The molecule has 28 heavy (non-hydrogen) atoms. The number of hydrogen-bond donors (Lipinski definition) is 1. The average Bonchev–Trinajstić information content (AvgIpc) is 3.14. The van der Waals surface area contributed by atoms with Crippen LogP contribution in [0.3, 0.4) is 0 Å². The van der Waals surface area contributed by atoms with Crippen LogP contribution in [0.25, 0.3) is 11.3 Å². The number of thiazole rings is 1. The highest BCUT2D eigenvalue weighted by Gasteiger charge is 2.05. The van der Waals surface area contributed by atoms with E-state index in [0.29, 0.717) is 6.54 Å². The third-order valence-electron chi connectivity index (χ3n) is 4.44. The zero-order chi connectivity index (χ0) is 19.8. The van der Waals surface area contributed by atoms with Crippen molar-refractivity contribution in [2.24, 2.45) is 0 Å². The van der Waals surface area contributed by atoms with Gasteiger partial charge in [-0.2, -0.15) is 0 Å². The lowest BCUT2D eigenvalue weighted by molar-refractivity contribution is -0.123. The SMILES string of the molecule is CCCc1ccc(OCC(=O)NCCc2ccc(-c3csc(C)n3)cc2)cc1. The zero-order valence-electron chi connectivity index (χ0n) is 16.4. The minimum absolute atomic E-state index is 0.0369. The number of aryl methyl sites for hydroxylation is 2. The molecule has 1 N–H and O–H groups in total. The second kappa shape index (κ2) is 10.0. The lowest BCUT2D eigenvalue weighted by Gasteiger charge is -2.08. The molecule has 5 heteroatoms. The van der Waals surface area contributed by atoms with E-state index in [1.807, 2.05) is 31.2 Å². The normalized spacial score (nSPS) is 10.6. The highest BCUT2D eigenvalue weighted by atomic mass is 32.1. The summed E-state index contributed by atoms with van der Waals surface area (Å²) < 4.78 is 5.55. The minimum Gasteiger partial charge on any atom is -0.484 e. The van der Waals surface area contributed by atoms with Crippen molar-refractivity contribution in [3.05, 3.63) is 70.0 Å². The quantitative estimate of drug-likeness (QED) is 0.567. The Morgan fingerprint density at radius 3 is 2.36 bits per heavy atom. The molecule has 4 nitrogen and oxygen atoms in total. The predicted octanol–water partition coefficient (Wildman–Crippen LogP) is 4.81. The van der Waals surface area contributed by atoms with E-state index in [1.54, 1.807) is 11.3 Å². The molecule has 0 aliphatic rings. The summed E-state index contributed by atoms with van der Waals surface area (Å²) in [6.07, 6.45) is 2.97. The Balaban J connectivity index is 1.39. The standard InChI is InChI=1S/C23H26N2O2S/c1-3-4-18-7-11-21(12-8-18)27-15-23(26)24-14-13-19-5-9-20(10-6-19)22-16-28-17(2)25-22/h5-12,16H,3-4,13-15H2,1-2H3,(H,24,26). The lowest BCUT2D eigenvalue weighted by Crippen LogP contribution is -2.30. The molecule has 2 aromatic carbocycles. The minimum atomic E-state index is -0.104. The zero-order valence-corrected chi connectivity index (χ0v) is 17.2. The maximum absolute atomic E-state index is 12.0. The van der Waals surface area contributed by atoms with Crippen molar-refractivity contribution < 1.29 is 9.53 Å². The highest BCUT2D eigenvalue weighted by Crippen LogP contribution is 2.21. The Morgan fingerprint density at radius 1 is 1.04 bits per heavy atom. The smallest absolute Gasteiger partial charge is 0.257 e. The van der Waals surface area contributed by atoms with Crippen LogP contribution in [0.4, 0.5) is 0 Å². The van der Waals surface area contributed by atoms with Gasteiger partial charge < -0.3 is 10.1 Å². The van der Waals surface area contributed by atoms with Crippen LogP contribution < -0.4 is 10.1 Å². The third-order valence-corrected chi connectivity index (χ3v) is 5.21. The summed E-state index contributed by atoms with van der Waals surface area (Å²) in [7, 11) is 0. The molecule has 0 aliphatic carbocycles.